The molecular weight excluding hydrogens is 442 g/mol. The van der Waals surface area contributed by atoms with E-state index >= 15 is 0 Å². The molecule has 2 aliphatic rings. The highest BCUT2D eigenvalue weighted by molar-refractivity contribution is 5.98. The smallest absolute Gasteiger partial charge is 0.273 e. The van der Waals surface area contributed by atoms with Crippen molar-refractivity contribution in [2.75, 3.05) is 33.4 Å². The number of carbonyl (C=O) groups excluding carboxylic acids is 1. The molecular formula is C28H41N3O4. The Hall–Kier alpha value is -2.38. The van der Waals surface area contributed by atoms with Crippen molar-refractivity contribution in [2.24, 2.45) is 0 Å². The summed E-state index contributed by atoms with van der Waals surface area (Å²) in [4.78, 5) is 20.8. The summed E-state index contributed by atoms with van der Waals surface area (Å²) in [7, 11) is 1.65. The fourth-order valence-electron chi connectivity index (χ4n) is 5.31. The topological polar surface area (TPSA) is 72.9 Å². The third-order valence-electron chi connectivity index (χ3n) is 7.08. The van der Waals surface area contributed by atoms with E-state index in [4.69, 9.17) is 19.2 Å². The third kappa shape index (κ3) is 6.44. The van der Waals surface area contributed by atoms with E-state index in [1.807, 2.05) is 23.1 Å². The zero-order chi connectivity index (χ0) is 24.6. The van der Waals surface area contributed by atoms with E-state index in [0.717, 1.165) is 49.9 Å². The number of nitrogens with one attached hydrogen (secondary N) is 1. The second kappa shape index (κ2) is 12.5. The minimum atomic E-state index is -0.0588. The lowest BCUT2D eigenvalue weighted by molar-refractivity contribution is 0.0567. The van der Waals surface area contributed by atoms with Gasteiger partial charge in [0.05, 0.1) is 12.7 Å². The molecule has 0 spiro atoms. The van der Waals surface area contributed by atoms with Crippen molar-refractivity contribution in [1.29, 1.82) is 0 Å². The molecule has 35 heavy (non-hydrogen) atoms. The fourth-order valence-corrected chi connectivity index (χ4v) is 5.31. The number of carbonyl (C=O) groups is 1. The minimum Gasteiger partial charge on any atom is -0.490 e. The van der Waals surface area contributed by atoms with Crippen LogP contribution in [0.4, 0.5) is 0 Å². The van der Waals surface area contributed by atoms with Crippen molar-refractivity contribution in [2.45, 2.75) is 83.4 Å². The van der Waals surface area contributed by atoms with Gasteiger partial charge < -0.3 is 24.4 Å². The number of ether oxygens (including phenoxy) is 3. The molecule has 2 heterocycles. The van der Waals surface area contributed by atoms with Crippen molar-refractivity contribution >= 4 is 16.8 Å². The van der Waals surface area contributed by atoms with Crippen molar-refractivity contribution in [1.82, 2.24) is 15.2 Å². The summed E-state index contributed by atoms with van der Waals surface area (Å²) < 4.78 is 17.8. The summed E-state index contributed by atoms with van der Waals surface area (Å²) in [5.74, 6) is 1.32. The van der Waals surface area contributed by atoms with Crippen LogP contribution in [-0.2, 0) is 4.74 Å². The number of piperidine rings is 1. The summed E-state index contributed by atoms with van der Waals surface area (Å²) in [6, 6.07) is 7.96. The quantitative estimate of drug-likeness (QED) is 0.401. The number of aromatic nitrogens is 1. The fraction of sp³-hybridized carbons (Fsp3) is 0.643. The summed E-state index contributed by atoms with van der Waals surface area (Å²) in [5, 5.41) is 4.30. The monoisotopic (exact) mass is 483 g/mol. The molecule has 1 aliphatic carbocycles. The lowest BCUT2D eigenvalue weighted by Crippen LogP contribution is -2.51. The van der Waals surface area contributed by atoms with E-state index in [1.54, 1.807) is 13.2 Å². The molecule has 1 saturated heterocycles. The molecule has 1 saturated carbocycles. The van der Waals surface area contributed by atoms with E-state index < -0.39 is 0 Å². The maximum absolute atomic E-state index is 13.9. The molecule has 1 aromatic heterocycles. The van der Waals surface area contributed by atoms with Gasteiger partial charge in [0.2, 0.25) is 0 Å². The third-order valence-corrected chi connectivity index (χ3v) is 7.08. The minimum absolute atomic E-state index is 0.0588. The van der Waals surface area contributed by atoms with Gasteiger partial charge in [-0.25, -0.2) is 4.98 Å². The zero-order valence-corrected chi connectivity index (χ0v) is 21.6. The summed E-state index contributed by atoms with van der Waals surface area (Å²) in [5.41, 5.74) is 1.10. The first-order chi connectivity index (χ1) is 17.1. The van der Waals surface area contributed by atoms with Gasteiger partial charge in [0.1, 0.15) is 29.3 Å². The average molecular weight is 484 g/mol. The normalized spacial score (nSPS) is 19.5. The number of hydrogen-bond donors (Lipinski definition) is 1. The Kier molecular flexibility index (Phi) is 9.21. The predicted octanol–water partition coefficient (Wildman–Crippen LogP) is 4.96. The van der Waals surface area contributed by atoms with Crippen LogP contribution in [0.2, 0.25) is 0 Å². The first kappa shape index (κ1) is 25.7. The van der Waals surface area contributed by atoms with Crippen LogP contribution in [0.3, 0.4) is 0 Å². The first-order valence-electron chi connectivity index (χ1n) is 13.3. The van der Waals surface area contributed by atoms with Gasteiger partial charge in [0, 0.05) is 37.2 Å². The molecule has 1 atom stereocenters. The van der Waals surface area contributed by atoms with Gasteiger partial charge in [-0.05, 0) is 71.0 Å². The second-order valence-electron chi connectivity index (χ2n) is 10.0. The molecule has 4 rings (SSSR count). The average Bonchev–Trinajstić information content (AvgIpc) is 3.13. The van der Waals surface area contributed by atoms with E-state index in [0.29, 0.717) is 30.2 Å². The van der Waals surface area contributed by atoms with Gasteiger partial charge in [-0.3, -0.25) is 4.79 Å². The van der Waals surface area contributed by atoms with Crippen molar-refractivity contribution in [3.63, 3.8) is 0 Å². The Labute approximate surface area is 209 Å². The van der Waals surface area contributed by atoms with Gasteiger partial charge in [-0.1, -0.05) is 18.9 Å². The Bertz CT molecular complexity index is 966. The zero-order valence-electron chi connectivity index (χ0n) is 21.6. The molecule has 192 valence electrons. The SMILES string of the molecule is COCCOc1cc(C(=O)N(C(C)C)[C@H]2CCCNC2)nc2c(OC3CCCCCC3)cccc12. The largest absolute Gasteiger partial charge is 0.490 e. The molecule has 0 unspecified atom stereocenters. The van der Waals surface area contributed by atoms with Gasteiger partial charge in [-0.2, -0.15) is 0 Å². The van der Waals surface area contributed by atoms with Crippen LogP contribution in [0.25, 0.3) is 10.9 Å². The van der Waals surface area contributed by atoms with Crippen LogP contribution in [-0.4, -0.2) is 67.4 Å². The summed E-state index contributed by atoms with van der Waals surface area (Å²) in [6.07, 6.45) is 9.28. The molecule has 2 fully saturated rings. The predicted molar refractivity (Wildman–Crippen MR) is 138 cm³/mol. The van der Waals surface area contributed by atoms with Gasteiger partial charge >= 0.3 is 0 Å². The number of nitrogens with zero attached hydrogens (tertiary/aromatic N) is 2. The van der Waals surface area contributed by atoms with Gasteiger partial charge in [0.25, 0.3) is 5.91 Å². The lowest BCUT2D eigenvalue weighted by atomic mass is 10.0. The number of pyridine rings is 1. The summed E-state index contributed by atoms with van der Waals surface area (Å²) in [6.45, 7) is 6.83. The summed E-state index contributed by atoms with van der Waals surface area (Å²) >= 11 is 0. The molecule has 0 bridgehead atoms. The van der Waals surface area contributed by atoms with E-state index in [1.165, 1.54) is 25.7 Å². The number of hydrogen-bond acceptors (Lipinski definition) is 6. The highest BCUT2D eigenvalue weighted by Crippen LogP contribution is 2.34. The Morgan fingerprint density at radius 3 is 2.57 bits per heavy atom. The first-order valence-corrected chi connectivity index (χ1v) is 13.3. The van der Waals surface area contributed by atoms with Crippen LogP contribution in [0.1, 0.15) is 75.7 Å². The Balaban J connectivity index is 1.71. The molecule has 0 radical (unpaired) electrons. The molecule has 1 aromatic carbocycles. The molecule has 1 amide bonds. The van der Waals surface area contributed by atoms with Gasteiger partial charge in [-0.15, -0.1) is 0 Å². The van der Waals surface area contributed by atoms with Crippen LogP contribution >= 0.6 is 0 Å². The number of amides is 1. The molecule has 1 N–H and O–H groups in total. The molecule has 1 aliphatic heterocycles. The molecule has 2 aromatic rings. The van der Waals surface area contributed by atoms with Crippen molar-refractivity contribution in [3.05, 3.63) is 30.0 Å². The number of para-hydroxylation sites is 1. The number of benzene rings is 1. The maximum atomic E-state index is 13.9. The van der Waals surface area contributed by atoms with Crippen molar-refractivity contribution < 1.29 is 19.0 Å². The van der Waals surface area contributed by atoms with Crippen LogP contribution in [0, 0.1) is 0 Å². The molecule has 7 heteroatoms. The second-order valence-corrected chi connectivity index (χ2v) is 10.0. The van der Waals surface area contributed by atoms with Crippen molar-refractivity contribution in [3.8, 4) is 11.5 Å². The Morgan fingerprint density at radius 1 is 1.09 bits per heavy atom. The standard InChI is InChI=1S/C28H41N3O4/c1-20(2)31(21-10-9-15-29-19-21)28(32)24-18-26(34-17-16-33-3)23-13-8-14-25(27(23)30-24)35-22-11-6-4-5-7-12-22/h8,13-14,18,20-22,29H,4-7,9-12,15-17,19H2,1-3H3/t21-/m0/s1. The molecule has 7 nitrogen and oxygen atoms in total. The highest BCUT2D eigenvalue weighted by atomic mass is 16.5. The Morgan fingerprint density at radius 2 is 1.89 bits per heavy atom. The number of fused-ring (bicyclic) bond motifs is 1. The van der Waals surface area contributed by atoms with Crippen LogP contribution in [0.15, 0.2) is 24.3 Å². The van der Waals surface area contributed by atoms with E-state index in [-0.39, 0.29) is 24.1 Å². The van der Waals surface area contributed by atoms with Crippen LogP contribution < -0.4 is 14.8 Å². The lowest BCUT2D eigenvalue weighted by Gasteiger charge is -2.37. The highest BCUT2D eigenvalue weighted by Gasteiger charge is 2.30. The van der Waals surface area contributed by atoms with E-state index in [2.05, 4.69) is 19.2 Å². The van der Waals surface area contributed by atoms with Gasteiger partial charge in [0.15, 0.2) is 0 Å². The number of methoxy groups -OCH3 is 1. The maximum Gasteiger partial charge on any atom is 0.273 e. The van der Waals surface area contributed by atoms with Crippen LogP contribution in [0.5, 0.6) is 11.5 Å². The van der Waals surface area contributed by atoms with E-state index in [9.17, 15) is 4.79 Å². The number of rotatable bonds is 9.